The van der Waals surface area contributed by atoms with Crippen molar-refractivity contribution in [3.8, 4) is 0 Å². The van der Waals surface area contributed by atoms with Crippen LogP contribution in [0.25, 0.3) is 22.6 Å². The van der Waals surface area contributed by atoms with Gasteiger partial charge in [-0.3, -0.25) is 9.36 Å². The minimum atomic E-state index is -1.04. The van der Waals surface area contributed by atoms with Crippen molar-refractivity contribution in [2.24, 2.45) is 0 Å². The molecule has 0 unspecified atom stereocenters. The predicted molar refractivity (Wildman–Crippen MR) is 94.8 cm³/mol. The molecule has 0 atom stereocenters. The molecule has 1 aliphatic heterocycles. The maximum atomic E-state index is 12.6. The average molecular weight is 359 g/mol. The molecular weight excluding hydrogens is 348 g/mol. The third kappa shape index (κ3) is 2.44. The summed E-state index contributed by atoms with van der Waals surface area (Å²) in [5.41, 5.74) is 1.34. The summed E-state index contributed by atoms with van der Waals surface area (Å²) in [6.07, 6.45) is 2.69. The van der Waals surface area contributed by atoms with Crippen molar-refractivity contribution in [2.75, 3.05) is 0 Å². The maximum absolute atomic E-state index is 12.6. The number of carboxylic acid groups (broad SMARTS) is 1. The molecule has 1 N–H and O–H groups in total. The number of aromatic nitrogens is 2. The first kappa shape index (κ1) is 15.1. The summed E-state index contributed by atoms with van der Waals surface area (Å²) in [7, 11) is 0. The summed E-state index contributed by atoms with van der Waals surface area (Å²) in [5.74, 6) is -0.442. The summed E-state index contributed by atoms with van der Waals surface area (Å²) in [5, 5.41) is 9.56. The van der Waals surface area contributed by atoms with E-state index in [1.807, 2.05) is 18.2 Å². The molecule has 0 saturated heterocycles. The molecule has 0 fully saturated rings. The van der Waals surface area contributed by atoms with Crippen LogP contribution in [-0.4, -0.2) is 20.6 Å². The number of fused-ring (bicyclic) bond motifs is 2. The third-order valence-electron chi connectivity index (χ3n) is 4.00. The van der Waals surface area contributed by atoms with E-state index in [0.29, 0.717) is 34.0 Å². The van der Waals surface area contributed by atoms with Crippen LogP contribution in [0.2, 0.25) is 4.34 Å². The van der Waals surface area contributed by atoms with Gasteiger partial charge in [-0.05, 0) is 48.4 Å². The quantitative estimate of drug-likeness (QED) is 0.757. The van der Waals surface area contributed by atoms with Gasteiger partial charge in [0.15, 0.2) is 0 Å². The van der Waals surface area contributed by atoms with Crippen LogP contribution in [0.4, 0.5) is 0 Å². The van der Waals surface area contributed by atoms with E-state index in [0.717, 1.165) is 10.5 Å². The number of hydrogen-bond donors (Lipinski definition) is 1. The van der Waals surface area contributed by atoms with Crippen LogP contribution in [0, 0.1) is 0 Å². The fourth-order valence-electron chi connectivity index (χ4n) is 2.87. The second-order valence-corrected chi connectivity index (χ2v) is 7.24. The van der Waals surface area contributed by atoms with Crippen molar-refractivity contribution in [1.29, 1.82) is 0 Å². The number of hydrogen-bond acceptors (Lipinski definition) is 4. The van der Waals surface area contributed by atoms with Crippen LogP contribution < -0.4 is 5.56 Å². The molecule has 3 aromatic rings. The van der Waals surface area contributed by atoms with E-state index in [1.54, 1.807) is 4.57 Å². The largest absolute Gasteiger partial charge is 0.478 e. The van der Waals surface area contributed by atoms with Crippen LogP contribution >= 0.6 is 22.9 Å². The summed E-state index contributed by atoms with van der Waals surface area (Å²) in [4.78, 5) is 29.3. The van der Waals surface area contributed by atoms with Gasteiger partial charge in [-0.2, -0.15) is 0 Å². The Morgan fingerprint density at radius 1 is 1.33 bits per heavy atom. The molecule has 3 heterocycles. The normalized spacial score (nSPS) is 15.1. The Morgan fingerprint density at radius 3 is 2.88 bits per heavy atom. The third-order valence-corrected chi connectivity index (χ3v) is 5.18. The Labute approximate surface area is 145 Å². The first-order valence-corrected chi connectivity index (χ1v) is 8.46. The van der Waals surface area contributed by atoms with Gasteiger partial charge in [0.05, 0.1) is 20.8 Å². The number of carboxylic acids is 1. The molecule has 24 heavy (non-hydrogen) atoms. The number of carbonyl (C=O) groups is 1. The van der Waals surface area contributed by atoms with E-state index in [4.69, 9.17) is 16.7 Å². The van der Waals surface area contributed by atoms with Crippen molar-refractivity contribution in [3.63, 3.8) is 0 Å². The smallest absolute Gasteiger partial charge is 0.335 e. The SMILES string of the molecule is O=C(O)c1ccc2c(=O)n3c(nc2c1)/C(=C/c1ccc(Cl)s1)CC3. The molecule has 0 spiro atoms. The minimum Gasteiger partial charge on any atom is -0.478 e. The van der Waals surface area contributed by atoms with Gasteiger partial charge in [0.1, 0.15) is 5.82 Å². The number of nitrogens with zero attached hydrogens (tertiary/aromatic N) is 2. The molecule has 0 amide bonds. The Morgan fingerprint density at radius 2 is 2.17 bits per heavy atom. The molecule has 7 heteroatoms. The lowest BCUT2D eigenvalue weighted by Crippen LogP contribution is -2.20. The van der Waals surface area contributed by atoms with Gasteiger partial charge in [0.2, 0.25) is 0 Å². The molecule has 0 saturated carbocycles. The zero-order valence-electron chi connectivity index (χ0n) is 12.3. The van der Waals surface area contributed by atoms with Crippen LogP contribution in [0.1, 0.15) is 27.5 Å². The topological polar surface area (TPSA) is 72.2 Å². The first-order chi connectivity index (χ1) is 11.5. The van der Waals surface area contributed by atoms with Gasteiger partial charge >= 0.3 is 5.97 Å². The van der Waals surface area contributed by atoms with Gasteiger partial charge in [-0.1, -0.05) is 11.6 Å². The van der Waals surface area contributed by atoms with Crippen LogP contribution in [-0.2, 0) is 6.54 Å². The summed E-state index contributed by atoms with van der Waals surface area (Å²) in [6.45, 7) is 0.572. The molecule has 0 bridgehead atoms. The zero-order chi connectivity index (χ0) is 16.8. The molecule has 0 aliphatic carbocycles. The van der Waals surface area contributed by atoms with Gasteiger partial charge in [-0.25, -0.2) is 9.78 Å². The molecule has 1 aliphatic rings. The number of halogens is 1. The van der Waals surface area contributed by atoms with Crippen molar-refractivity contribution in [1.82, 2.24) is 9.55 Å². The van der Waals surface area contributed by atoms with Crippen molar-refractivity contribution in [3.05, 3.63) is 61.3 Å². The van der Waals surface area contributed by atoms with Crippen molar-refractivity contribution in [2.45, 2.75) is 13.0 Å². The molecule has 0 radical (unpaired) electrons. The first-order valence-electron chi connectivity index (χ1n) is 7.27. The van der Waals surface area contributed by atoms with E-state index in [-0.39, 0.29) is 11.1 Å². The number of benzene rings is 1. The Bertz CT molecular complexity index is 1080. The molecule has 4 rings (SSSR count). The molecule has 5 nitrogen and oxygen atoms in total. The average Bonchev–Trinajstić information content (AvgIpc) is 3.14. The Balaban J connectivity index is 1.91. The van der Waals surface area contributed by atoms with E-state index >= 15 is 0 Å². The molecule has 2 aromatic heterocycles. The monoisotopic (exact) mass is 358 g/mol. The highest BCUT2D eigenvalue weighted by atomic mass is 35.5. The van der Waals surface area contributed by atoms with Crippen molar-refractivity contribution >= 4 is 51.5 Å². The van der Waals surface area contributed by atoms with Gasteiger partial charge in [-0.15, -0.1) is 11.3 Å². The van der Waals surface area contributed by atoms with Crippen molar-refractivity contribution < 1.29 is 9.90 Å². The number of thiophene rings is 1. The summed E-state index contributed by atoms with van der Waals surface area (Å²) >= 11 is 7.42. The highest BCUT2D eigenvalue weighted by molar-refractivity contribution is 7.17. The maximum Gasteiger partial charge on any atom is 0.335 e. The predicted octanol–water partition coefficient (Wildman–Crippen LogP) is 3.75. The number of aromatic carboxylic acids is 1. The van der Waals surface area contributed by atoms with E-state index in [9.17, 15) is 9.59 Å². The highest BCUT2D eigenvalue weighted by Gasteiger charge is 2.21. The van der Waals surface area contributed by atoms with E-state index in [1.165, 1.54) is 29.5 Å². The lowest BCUT2D eigenvalue weighted by Gasteiger charge is -2.06. The Hall–Kier alpha value is -2.44. The fraction of sp³-hybridized carbons (Fsp3) is 0.118. The Kier molecular flexibility index (Phi) is 3.51. The number of rotatable bonds is 2. The van der Waals surface area contributed by atoms with Crippen LogP contribution in [0.15, 0.2) is 35.1 Å². The summed E-state index contributed by atoms with van der Waals surface area (Å²) in [6, 6.07) is 8.15. The highest BCUT2D eigenvalue weighted by Crippen LogP contribution is 2.30. The van der Waals surface area contributed by atoms with Gasteiger partial charge in [0.25, 0.3) is 5.56 Å². The number of allylic oxidation sites excluding steroid dienone is 1. The lowest BCUT2D eigenvalue weighted by molar-refractivity contribution is 0.0697. The second-order valence-electron chi connectivity index (χ2n) is 5.49. The van der Waals surface area contributed by atoms with E-state index < -0.39 is 5.97 Å². The van der Waals surface area contributed by atoms with Crippen LogP contribution in [0.5, 0.6) is 0 Å². The van der Waals surface area contributed by atoms with Gasteiger partial charge < -0.3 is 5.11 Å². The molecular formula is C17H11ClN2O3S. The molecule has 120 valence electrons. The summed E-state index contributed by atoms with van der Waals surface area (Å²) < 4.78 is 2.35. The fourth-order valence-corrected chi connectivity index (χ4v) is 3.89. The standard InChI is InChI=1S/C17H11ClN2O3S/c18-14-4-2-11(24-14)7-9-5-6-20-15(9)19-13-8-10(17(22)23)1-3-12(13)16(20)21/h1-4,7-8H,5-6H2,(H,22,23)/b9-7+. The van der Waals surface area contributed by atoms with Gasteiger partial charge in [0, 0.05) is 11.4 Å². The molecule has 1 aromatic carbocycles. The van der Waals surface area contributed by atoms with E-state index in [2.05, 4.69) is 4.98 Å². The van der Waals surface area contributed by atoms with Crippen LogP contribution in [0.3, 0.4) is 0 Å². The second kappa shape index (κ2) is 5.58. The zero-order valence-corrected chi connectivity index (χ0v) is 13.9. The lowest BCUT2D eigenvalue weighted by atomic mass is 10.1. The minimum absolute atomic E-state index is 0.118.